The second-order valence-electron chi connectivity index (χ2n) is 6.79. The predicted molar refractivity (Wildman–Crippen MR) is 114 cm³/mol. The smallest absolute Gasteiger partial charge is 0.231 e. The van der Waals surface area contributed by atoms with Crippen molar-refractivity contribution in [1.82, 2.24) is 10.3 Å². The molecule has 2 aromatic carbocycles. The largest absolute Gasteiger partial charge is 0.507 e. The van der Waals surface area contributed by atoms with Gasteiger partial charge in [0.05, 0.1) is 5.56 Å². The number of unbranched alkanes of at least 4 members (excludes halogenated alkanes) is 1. The van der Waals surface area contributed by atoms with Crippen molar-refractivity contribution in [2.45, 2.75) is 40.0 Å². The molecule has 3 N–H and O–H groups in total. The maximum atomic E-state index is 11.7. The van der Waals surface area contributed by atoms with E-state index in [1.54, 1.807) is 12.1 Å². The second kappa shape index (κ2) is 8.39. The molecule has 0 unspecified atom stereocenters. The van der Waals surface area contributed by atoms with Crippen molar-refractivity contribution in [3.63, 3.8) is 0 Å². The standard InChI is InChI=1S/C21H23N3O3S/c1-4-5-6-18(26)24-21(28)22-14-7-8-15(17(25)11-14)20-23-16-10-12(2)9-13(3)19(16)27-20/h7-11,25H,4-6H2,1-3H3,(H2,22,24,26,28). The summed E-state index contributed by atoms with van der Waals surface area (Å²) in [6, 6.07) is 8.94. The van der Waals surface area contributed by atoms with E-state index in [1.807, 2.05) is 32.9 Å². The Morgan fingerprint density at radius 1 is 1.25 bits per heavy atom. The number of carbonyl (C=O) groups excluding carboxylic acids is 1. The number of hydrogen-bond acceptors (Lipinski definition) is 5. The summed E-state index contributed by atoms with van der Waals surface area (Å²) < 4.78 is 5.86. The Hall–Kier alpha value is -2.93. The summed E-state index contributed by atoms with van der Waals surface area (Å²) in [5.74, 6) is 0.228. The number of phenols is 1. The zero-order valence-corrected chi connectivity index (χ0v) is 16.9. The number of aromatic hydroxyl groups is 1. The number of nitrogens with zero attached hydrogens (tertiary/aromatic N) is 1. The number of thiocarbonyl (C=S) groups is 1. The molecule has 0 spiro atoms. The molecule has 1 amide bonds. The van der Waals surface area contributed by atoms with Crippen LogP contribution < -0.4 is 10.6 Å². The third-order valence-electron chi connectivity index (χ3n) is 4.32. The molecule has 146 valence electrons. The number of hydrogen-bond donors (Lipinski definition) is 3. The number of amides is 1. The van der Waals surface area contributed by atoms with Gasteiger partial charge in [0, 0.05) is 18.2 Å². The zero-order chi connectivity index (χ0) is 20.3. The fourth-order valence-corrected chi connectivity index (χ4v) is 3.20. The van der Waals surface area contributed by atoms with Crippen molar-refractivity contribution < 1.29 is 14.3 Å². The maximum absolute atomic E-state index is 11.7. The minimum Gasteiger partial charge on any atom is -0.507 e. The first-order chi connectivity index (χ1) is 13.4. The lowest BCUT2D eigenvalue weighted by Crippen LogP contribution is -2.33. The summed E-state index contributed by atoms with van der Waals surface area (Å²) in [4.78, 5) is 16.2. The summed E-state index contributed by atoms with van der Waals surface area (Å²) in [6.45, 7) is 5.99. The third-order valence-corrected chi connectivity index (χ3v) is 4.52. The van der Waals surface area contributed by atoms with Gasteiger partial charge in [-0.15, -0.1) is 0 Å². The van der Waals surface area contributed by atoms with Crippen LogP contribution in [0.3, 0.4) is 0 Å². The number of anilines is 1. The summed E-state index contributed by atoms with van der Waals surface area (Å²) in [7, 11) is 0. The van der Waals surface area contributed by atoms with Crippen LogP contribution in [-0.4, -0.2) is 21.1 Å². The van der Waals surface area contributed by atoms with E-state index < -0.39 is 0 Å². The molecule has 28 heavy (non-hydrogen) atoms. The molecule has 1 heterocycles. The molecule has 3 rings (SSSR count). The Labute approximate surface area is 169 Å². The van der Waals surface area contributed by atoms with E-state index in [-0.39, 0.29) is 16.8 Å². The van der Waals surface area contributed by atoms with Gasteiger partial charge in [-0.3, -0.25) is 4.79 Å². The van der Waals surface area contributed by atoms with Crippen LogP contribution in [0.1, 0.15) is 37.3 Å². The number of aryl methyl sites for hydroxylation is 2. The minimum absolute atomic E-state index is 0.00559. The third kappa shape index (κ3) is 4.48. The fraction of sp³-hybridized carbons (Fsp3) is 0.286. The van der Waals surface area contributed by atoms with Crippen molar-refractivity contribution in [3.8, 4) is 17.2 Å². The normalized spacial score (nSPS) is 10.8. The molecule has 0 bridgehead atoms. The number of oxazole rings is 1. The van der Waals surface area contributed by atoms with Crippen LogP contribution in [0.2, 0.25) is 0 Å². The van der Waals surface area contributed by atoms with Gasteiger partial charge < -0.3 is 20.2 Å². The molecule has 0 aliphatic carbocycles. The molecule has 7 heteroatoms. The number of phenolic OH excluding ortho intramolecular Hbond substituents is 1. The van der Waals surface area contributed by atoms with Crippen molar-refractivity contribution in [3.05, 3.63) is 41.5 Å². The summed E-state index contributed by atoms with van der Waals surface area (Å²) >= 11 is 5.15. The van der Waals surface area contributed by atoms with Gasteiger partial charge in [-0.2, -0.15) is 0 Å². The Morgan fingerprint density at radius 3 is 2.75 bits per heavy atom. The molecule has 0 aliphatic rings. The highest BCUT2D eigenvalue weighted by Crippen LogP contribution is 2.34. The van der Waals surface area contributed by atoms with Crippen molar-refractivity contribution in [1.29, 1.82) is 0 Å². The molecule has 0 radical (unpaired) electrons. The van der Waals surface area contributed by atoms with E-state index in [2.05, 4.69) is 15.6 Å². The van der Waals surface area contributed by atoms with E-state index in [0.717, 1.165) is 29.5 Å². The average molecular weight is 398 g/mol. The predicted octanol–water partition coefficient (Wildman–Crippen LogP) is 4.82. The summed E-state index contributed by atoms with van der Waals surface area (Å²) in [5, 5.41) is 16.2. The maximum Gasteiger partial charge on any atom is 0.231 e. The molecular formula is C21H23N3O3S. The average Bonchev–Trinajstić information content (AvgIpc) is 3.03. The number of fused-ring (bicyclic) bond motifs is 1. The molecular weight excluding hydrogens is 374 g/mol. The Bertz CT molecular complexity index is 1040. The molecule has 0 atom stereocenters. The number of carbonyl (C=O) groups is 1. The molecule has 0 aliphatic heterocycles. The van der Waals surface area contributed by atoms with Crippen molar-refractivity contribution in [2.24, 2.45) is 0 Å². The lowest BCUT2D eigenvalue weighted by atomic mass is 10.1. The Kier molecular flexibility index (Phi) is 5.94. The number of benzene rings is 2. The van der Waals surface area contributed by atoms with Gasteiger partial charge >= 0.3 is 0 Å². The first kappa shape index (κ1) is 19.8. The lowest BCUT2D eigenvalue weighted by molar-refractivity contribution is -0.119. The second-order valence-corrected chi connectivity index (χ2v) is 7.20. The number of aromatic nitrogens is 1. The van der Waals surface area contributed by atoms with Gasteiger partial charge in [-0.1, -0.05) is 19.4 Å². The van der Waals surface area contributed by atoms with E-state index in [1.165, 1.54) is 6.07 Å². The highest BCUT2D eigenvalue weighted by Gasteiger charge is 2.15. The van der Waals surface area contributed by atoms with Crippen LogP contribution in [0.15, 0.2) is 34.7 Å². The van der Waals surface area contributed by atoms with Crippen LogP contribution in [0.25, 0.3) is 22.6 Å². The van der Waals surface area contributed by atoms with Crippen molar-refractivity contribution >= 4 is 40.0 Å². The topological polar surface area (TPSA) is 87.4 Å². The van der Waals surface area contributed by atoms with Gasteiger partial charge in [-0.25, -0.2) is 4.98 Å². The minimum atomic E-state index is -0.127. The van der Waals surface area contributed by atoms with Crippen LogP contribution >= 0.6 is 12.2 Å². The Morgan fingerprint density at radius 2 is 2.04 bits per heavy atom. The monoisotopic (exact) mass is 397 g/mol. The quantitative estimate of drug-likeness (QED) is 0.535. The summed E-state index contributed by atoms with van der Waals surface area (Å²) in [6.07, 6.45) is 2.18. The first-order valence-electron chi connectivity index (χ1n) is 9.19. The van der Waals surface area contributed by atoms with Crippen LogP contribution in [0, 0.1) is 13.8 Å². The highest BCUT2D eigenvalue weighted by atomic mass is 32.1. The summed E-state index contributed by atoms with van der Waals surface area (Å²) in [5.41, 5.74) is 4.60. The van der Waals surface area contributed by atoms with E-state index >= 15 is 0 Å². The van der Waals surface area contributed by atoms with Crippen LogP contribution in [0.4, 0.5) is 5.69 Å². The van der Waals surface area contributed by atoms with Gasteiger partial charge in [-0.05, 0) is 61.8 Å². The molecule has 0 fully saturated rings. The molecule has 0 saturated carbocycles. The molecule has 6 nitrogen and oxygen atoms in total. The van der Waals surface area contributed by atoms with Crippen molar-refractivity contribution in [2.75, 3.05) is 5.32 Å². The van der Waals surface area contributed by atoms with E-state index in [0.29, 0.717) is 29.1 Å². The van der Waals surface area contributed by atoms with E-state index in [4.69, 9.17) is 16.6 Å². The molecule has 3 aromatic rings. The first-order valence-corrected chi connectivity index (χ1v) is 9.60. The van der Waals surface area contributed by atoms with Gasteiger partial charge in [0.15, 0.2) is 10.7 Å². The highest BCUT2D eigenvalue weighted by molar-refractivity contribution is 7.80. The SMILES string of the molecule is CCCCC(=O)NC(=S)Nc1ccc(-c2nc3cc(C)cc(C)c3o2)c(O)c1. The van der Waals surface area contributed by atoms with Gasteiger partial charge in [0.1, 0.15) is 11.3 Å². The molecule has 0 saturated heterocycles. The fourth-order valence-electron chi connectivity index (χ4n) is 2.97. The van der Waals surface area contributed by atoms with Gasteiger partial charge in [0.25, 0.3) is 0 Å². The van der Waals surface area contributed by atoms with Crippen LogP contribution in [0.5, 0.6) is 5.75 Å². The zero-order valence-electron chi connectivity index (χ0n) is 16.1. The number of rotatable bonds is 5. The van der Waals surface area contributed by atoms with Gasteiger partial charge in [0.2, 0.25) is 11.8 Å². The molecule has 1 aromatic heterocycles. The Balaban J connectivity index is 1.76. The lowest BCUT2D eigenvalue weighted by Gasteiger charge is -2.10. The van der Waals surface area contributed by atoms with Crippen LogP contribution in [-0.2, 0) is 4.79 Å². The van der Waals surface area contributed by atoms with E-state index in [9.17, 15) is 9.90 Å². The number of nitrogens with one attached hydrogen (secondary N) is 2.